The molecule has 0 bridgehead atoms. The van der Waals surface area contributed by atoms with E-state index in [0.717, 1.165) is 19.4 Å². The number of aromatic nitrogens is 2. The fourth-order valence-corrected chi connectivity index (χ4v) is 2.77. The number of nitrogens with zero attached hydrogens (tertiary/aromatic N) is 2. The molecule has 0 spiro atoms. The summed E-state index contributed by atoms with van der Waals surface area (Å²) < 4.78 is 3.37. The standard InChI is InChI=1S/C16H15IN2/c17-15-9-8-14-12-18-19(16(14)11-15)10-4-7-13-5-2-1-3-6-13/h1-3,5-6,8-9,11-12H,4,7,10H2. The van der Waals surface area contributed by atoms with Gasteiger partial charge in [-0.05, 0) is 53.1 Å². The van der Waals surface area contributed by atoms with Crippen LogP contribution in [0.3, 0.4) is 0 Å². The van der Waals surface area contributed by atoms with Crippen LogP contribution in [0.4, 0.5) is 0 Å². The molecule has 96 valence electrons. The number of fused-ring (bicyclic) bond motifs is 1. The third-order valence-electron chi connectivity index (χ3n) is 3.28. The molecule has 0 aliphatic carbocycles. The zero-order chi connectivity index (χ0) is 13.1. The molecule has 0 amide bonds. The molecule has 1 heterocycles. The van der Waals surface area contributed by atoms with Crippen LogP contribution in [0.2, 0.25) is 0 Å². The highest BCUT2D eigenvalue weighted by Crippen LogP contribution is 2.17. The first-order chi connectivity index (χ1) is 9.33. The summed E-state index contributed by atoms with van der Waals surface area (Å²) in [6.07, 6.45) is 4.17. The number of halogens is 1. The van der Waals surface area contributed by atoms with E-state index in [0.29, 0.717) is 0 Å². The molecule has 3 rings (SSSR count). The number of rotatable bonds is 4. The molecule has 2 nitrogen and oxygen atoms in total. The lowest BCUT2D eigenvalue weighted by Crippen LogP contribution is -2.01. The van der Waals surface area contributed by atoms with Gasteiger partial charge in [-0.3, -0.25) is 4.68 Å². The van der Waals surface area contributed by atoms with Gasteiger partial charge in [0, 0.05) is 15.5 Å². The first-order valence-corrected chi connectivity index (χ1v) is 7.56. The van der Waals surface area contributed by atoms with Crippen molar-refractivity contribution in [3.05, 3.63) is 63.9 Å². The van der Waals surface area contributed by atoms with E-state index in [1.54, 1.807) is 0 Å². The molecule has 0 fully saturated rings. The lowest BCUT2D eigenvalue weighted by Gasteiger charge is -2.04. The van der Waals surface area contributed by atoms with E-state index >= 15 is 0 Å². The van der Waals surface area contributed by atoms with E-state index < -0.39 is 0 Å². The molecule has 2 aromatic carbocycles. The lowest BCUT2D eigenvalue weighted by atomic mass is 10.1. The van der Waals surface area contributed by atoms with Crippen LogP contribution in [0.5, 0.6) is 0 Å². The van der Waals surface area contributed by atoms with Crippen molar-refractivity contribution in [1.82, 2.24) is 9.78 Å². The molecule has 0 atom stereocenters. The SMILES string of the molecule is Ic1ccc2cnn(CCCc3ccccc3)c2c1. The van der Waals surface area contributed by atoms with Crippen LogP contribution >= 0.6 is 22.6 Å². The molecule has 0 saturated heterocycles. The first-order valence-electron chi connectivity index (χ1n) is 6.48. The van der Waals surface area contributed by atoms with Crippen LogP contribution in [-0.2, 0) is 13.0 Å². The molecule has 0 aliphatic heterocycles. The molecular formula is C16H15IN2. The highest BCUT2D eigenvalue weighted by molar-refractivity contribution is 14.1. The Labute approximate surface area is 126 Å². The van der Waals surface area contributed by atoms with E-state index in [2.05, 4.69) is 80.9 Å². The van der Waals surface area contributed by atoms with Gasteiger partial charge in [-0.25, -0.2) is 0 Å². The van der Waals surface area contributed by atoms with Crippen molar-refractivity contribution in [3.63, 3.8) is 0 Å². The van der Waals surface area contributed by atoms with Gasteiger partial charge in [0.15, 0.2) is 0 Å². The molecule has 0 saturated carbocycles. The van der Waals surface area contributed by atoms with Crippen molar-refractivity contribution in [2.75, 3.05) is 0 Å². The first kappa shape index (κ1) is 12.7. The maximum atomic E-state index is 4.48. The Kier molecular flexibility index (Phi) is 3.82. The summed E-state index contributed by atoms with van der Waals surface area (Å²) in [6.45, 7) is 0.971. The fourth-order valence-electron chi connectivity index (χ4n) is 2.30. The van der Waals surface area contributed by atoms with Crippen molar-refractivity contribution in [3.8, 4) is 0 Å². The van der Waals surface area contributed by atoms with E-state index in [9.17, 15) is 0 Å². The van der Waals surface area contributed by atoms with Crippen LogP contribution < -0.4 is 0 Å². The van der Waals surface area contributed by atoms with Gasteiger partial charge < -0.3 is 0 Å². The Bertz CT molecular complexity index is 674. The van der Waals surface area contributed by atoms with Crippen molar-refractivity contribution in [1.29, 1.82) is 0 Å². The topological polar surface area (TPSA) is 17.8 Å². The van der Waals surface area contributed by atoms with Gasteiger partial charge >= 0.3 is 0 Å². The summed E-state index contributed by atoms with van der Waals surface area (Å²) in [4.78, 5) is 0. The van der Waals surface area contributed by atoms with Crippen LogP contribution in [-0.4, -0.2) is 9.78 Å². The summed E-state index contributed by atoms with van der Waals surface area (Å²) in [7, 11) is 0. The Morgan fingerprint density at radius 3 is 2.74 bits per heavy atom. The van der Waals surface area contributed by atoms with Crippen LogP contribution in [0, 0.1) is 3.57 Å². The second-order valence-corrected chi connectivity index (χ2v) is 5.91. The number of hydrogen-bond donors (Lipinski definition) is 0. The van der Waals surface area contributed by atoms with Gasteiger partial charge in [-0.1, -0.05) is 36.4 Å². The summed E-state index contributed by atoms with van der Waals surface area (Å²) in [6, 6.07) is 17.1. The van der Waals surface area contributed by atoms with Gasteiger partial charge in [-0.15, -0.1) is 0 Å². The summed E-state index contributed by atoms with van der Waals surface area (Å²) in [5.41, 5.74) is 2.63. The zero-order valence-corrected chi connectivity index (χ0v) is 12.7. The van der Waals surface area contributed by atoms with Crippen molar-refractivity contribution in [2.24, 2.45) is 0 Å². The predicted octanol–water partition coefficient (Wildman–Crippen LogP) is 4.27. The number of benzene rings is 2. The zero-order valence-electron chi connectivity index (χ0n) is 10.6. The molecule has 1 aromatic heterocycles. The van der Waals surface area contributed by atoms with Crippen molar-refractivity contribution in [2.45, 2.75) is 19.4 Å². The van der Waals surface area contributed by atoms with Crippen LogP contribution in [0.25, 0.3) is 10.9 Å². The maximum Gasteiger partial charge on any atom is 0.0692 e. The minimum absolute atomic E-state index is 0.971. The van der Waals surface area contributed by atoms with Crippen molar-refractivity contribution < 1.29 is 0 Å². The quantitative estimate of drug-likeness (QED) is 0.634. The van der Waals surface area contributed by atoms with Gasteiger partial charge in [-0.2, -0.15) is 5.10 Å². The predicted molar refractivity (Wildman–Crippen MR) is 87.2 cm³/mol. The second-order valence-electron chi connectivity index (χ2n) is 4.66. The monoisotopic (exact) mass is 362 g/mol. The Balaban J connectivity index is 1.70. The molecule has 19 heavy (non-hydrogen) atoms. The average Bonchev–Trinajstić information content (AvgIpc) is 2.83. The molecule has 0 radical (unpaired) electrons. The Morgan fingerprint density at radius 1 is 1.05 bits per heavy atom. The Hall–Kier alpha value is -1.36. The third kappa shape index (κ3) is 2.97. The minimum Gasteiger partial charge on any atom is -0.265 e. The highest BCUT2D eigenvalue weighted by atomic mass is 127. The van der Waals surface area contributed by atoms with Gasteiger partial charge in [0.25, 0.3) is 0 Å². The molecule has 3 aromatic rings. The lowest BCUT2D eigenvalue weighted by molar-refractivity contribution is 0.596. The van der Waals surface area contributed by atoms with E-state index in [-0.39, 0.29) is 0 Å². The fraction of sp³-hybridized carbons (Fsp3) is 0.188. The van der Waals surface area contributed by atoms with E-state index in [1.165, 1.54) is 20.0 Å². The summed E-state index contributed by atoms with van der Waals surface area (Å²) >= 11 is 2.35. The van der Waals surface area contributed by atoms with Crippen molar-refractivity contribution >= 4 is 33.5 Å². The third-order valence-corrected chi connectivity index (χ3v) is 3.96. The minimum atomic E-state index is 0.971. The Morgan fingerprint density at radius 2 is 1.89 bits per heavy atom. The molecule has 0 N–H and O–H groups in total. The number of aryl methyl sites for hydroxylation is 2. The van der Waals surface area contributed by atoms with Crippen LogP contribution in [0.1, 0.15) is 12.0 Å². The van der Waals surface area contributed by atoms with Gasteiger partial charge in [0.2, 0.25) is 0 Å². The molecule has 0 unspecified atom stereocenters. The summed E-state index contributed by atoms with van der Waals surface area (Å²) in [5, 5.41) is 5.70. The van der Waals surface area contributed by atoms with E-state index in [4.69, 9.17) is 0 Å². The second kappa shape index (κ2) is 5.74. The summed E-state index contributed by atoms with van der Waals surface area (Å²) in [5.74, 6) is 0. The van der Waals surface area contributed by atoms with Gasteiger partial charge in [0.05, 0.1) is 11.7 Å². The normalized spacial score (nSPS) is 11.0. The molecule has 0 aliphatic rings. The largest absolute Gasteiger partial charge is 0.265 e. The maximum absolute atomic E-state index is 4.48. The molecular weight excluding hydrogens is 347 g/mol. The molecule has 3 heteroatoms. The average molecular weight is 362 g/mol. The van der Waals surface area contributed by atoms with Gasteiger partial charge in [0.1, 0.15) is 0 Å². The smallest absolute Gasteiger partial charge is 0.0692 e. The van der Waals surface area contributed by atoms with Crippen LogP contribution in [0.15, 0.2) is 54.7 Å². The number of hydrogen-bond acceptors (Lipinski definition) is 1. The highest BCUT2D eigenvalue weighted by Gasteiger charge is 2.03. The van der Waals surface area contributed by atoms with E-state index in [1.807, 2.05) is 6.20 Å².